The third-order valence-corrected chi connectivity index (χ3v) is 4.05. The summed E-state index contributed by atoms with van der Waals surface area (Å²) in [5.74, 6) is 1.35. The number of ether oxygens (including phenoxy) is 2. The van der Waals surface area contributed by atoms with Crippen LogP contribution in [0.25, 0.3) is 0 Å². The lowest BCUT2D eigenvalue weighted by Crippen LogP contribution is -2.27. The number of hydrogen-bond acceptors (Lipinski definition) is 4. The lowest BCUT2D eigenvalue weighted by molar-refractivity contribution is 0.0792. The van der Waals surface area contributed by atoms with E-state index in [4.69, 9.17) is 9.47 Å². The van der Waals surface area contributed by atoms with Crippen molar-refractivity contribution in [3.05, 3.63) is 54.1 Å². The average molecular weight is 342 g/mol. The van der Waals surface area contributed by atoms with Crippen LogP contribution in [-0.2, 0) is 0 Å². The zero-order valence-corrected chi connectivity index (χ0v) is 15.1. The van der Waals surface area contributed by atoms with Gasteiger partial charge in [-0.3, -0.25) is 4.79 Å². The van der Waals surface area contributed by atoms with Gasteiger partial charge in [-0.05, 0) is 37.1 Å². The van der Waals surface area contributed by atoms with Gasteiger partial charge in [-0.25, -0.2) is 0 Å². The number of carbonyl (C=O) groups is 1. The number of hydrogen-bond donors (Lipinski definition) is 1. The van der Waals surface area contributed by atoms with Crippen molar-refractivity contribution in [3.8, 4) is 11.5 Å². The summed E-state index contributed by atoms with van der Waals surface area (Å²) >= 11 is 0. The molecule has 1 heterocycles. The second-order valence-corrected chi connectivity index (χ2v) is 5.72. The van der Waals surface area contributed by atoms with E-state index in [2.05, 4.69) is 5.32 Å². The minimum absolute atomic E-state index is 0.0553. The van der Waals surface area contributed by atoms with Crippen LogP contribution >= 0.6 is 0 Å². The Labute approximate surface area is 149 Å². The molecule has 134 valence electrons. The lowest BCUT2D eigenvalue weighted by Gasteiger charge is -2.16. The van der Waals surface area contributed by atoms with Gasteiger partial charge in [-0.15, -0.1) is 0 Å². The Bertz CT molecular complexity index is 646. The predicted octanol–water partition coefficient (Wildman–Crippen LogP) is 3.67. The van der Waals surface area contributed by atoms with E-state index in [-0.39, 0.29) is 5.91 Å². The summed E-state index contributed by atoms with van der Waals surface area (Å²) in [5.41, 5.74) is 1.79. The number of amides is 1. The number of likely N-dealkylation sites (tertiary alicyclic amines) is 1. The van der Waals surface area contributed by atoms with Gasteiger partial charge in [0.25, 0.3) is 5.91 Å². The second kappa shape index (κ2) is 9.57. The first kappa shape index (κ1) is 18.6. The summed E-state index contributed by atoms with van der Waals surface area (Å²) in [6.07, 6.45) is 2.18. The highest BCUT2D eigenvalue weighted by molar-refractivity contribution is 5.95. The first-order chi connectivity index (χ1) is 12.2. The quantitative estimate of drug-likeness (QED) is 0.921. The van der Waals surface area contributed by atoms with Gasteiger partial charge in [-0.1, -0.05) is 18.2 Å². The largest absolute Gasteiger partial charge is 0.497 e. The number of para-hydroxylation sites is 1. The number of benzene rings is 2. The zero-order valence-electron chi connectivity index (χ0n) is 15.1. The highest BCUT2D eigenvalue weighted by Crippen LogP contribution is 2.24. The number of nitrogens with zero attached hydrogens (tertiary/aromatic N) is 1. The van der Waals surface area contributed by atoms with Crippen molar-refractivity contribution in [1.82, 2.24) is 4.90 Å². The van der Waals surface area contributed by atoms with E-state index in [9.17, 15) is 4.79 Å². The molecule has 2 aromatic rings. The molecule has 1 saturated heterocycles. The summed E-state index contributed by atoms with van der Waals surface area (Å²) in [6.45, 7) is 1.69. The highest BCUT2D eigenvalue weighted by atomic mass is 16.5. The fourth-order valence-corrected chi connectivity index (χ4v) is 2.64. The number of methoxy groups -OCH3 is 2. The molecule has 0 spiro atoms. The Balaban J connectivity index is 0.000000236. The third-order valence-electron chi connectivity index (χ3n) is 4.05. The first-order valence-electron chi connectivity index (χ1n) is 8.43. The molecule has 1 aliphatic heterocycles. The molecule has 0 bridgehead atoms. The molecule has 0 aliphatic carbocycles. The van der Waals surface area contributed by atoms with Crippen molar-refractivity contribution in [2.24, 2.45) is 0 Å². The first-order valence-corrected chi connectivity index (χ1v) is 8.43. The van der Waals surface area contributed by atoms with E-state index in [1.54, 1.807) is 32.4 Å². The molecule has 0 radical (unpaired) electrons. The van der Waals surface area contributed by atoms with E-state index >= 15 is 0 Å². The maximum absolute atomic E-state index is 12.2. The molecule has 1 aliphatic rings. The van der Waals surface area contributed by atoms with Crippen LogP contribution < -0.4 is 14.8 Å². The zero-order chi connectivity index (χ0) is 18.1. The summed E-state index contributed by atoms with van der Waals surface area (Å²) in [7, 11) is 5.08. The van der Waals surface area contributed by atoms with Crippen molar-refractivity contribution < 1.29 is 14.3 Å². The minimum atomic E-state index is 0.0553. The molecule has 3 rings (SSSR count). The molecule has 0 saturated carbocycles. The van der Waals surface area contributed by atoms with E-state index in [1.165, 1.54) is 0 Å². The average Bonchev–Trinajstić information content (AvgIpc) is 3.22. The van der Waals surface area contributed by atoms with Gasteiger partial charge < -0.3 is 19.7 Å². The third kappa shape index (κ3) is 5.41. The maximum Gasteiger partial charge on any atom is 0.254 e. The molecule has 1 amide bonds. The topological polar surface area (TPSA) is 50.8 Å². The van der Waals surface area contributed by atoms with Crippen LogP contribution in [0.3, 0.4) is 0 Å². The van der Waals surface area contributed by atoms with Gasteiger partial charge in [0.05, 0.1) is 14.2 Å². The van der Waals surface area contributed by atoms with Crippen LogP contribution in [0, 0.1) is 0 Å². The van der Waals surface area contributed by atoms with Crippen molar-refractivity contribution >= 4 is 11.6 Å². The fraction of sp³-hybridized carbons (Fsp3) is 0.350. The van der Waals surface area contributed by atoms with Crippen LogP contribution in [0.15, 0.2) is 48.5 Å². The molecule has 2 aromatic carbocycles. The normalized spacial score (nSPS) is 12.8. The van der Waals surface area contributed by atoms with Crippen molar-refractivity contribution in [2.75, 3.05) is 39.7 Å². The second-order valence-electron chi connectivity index (χ2n) is 5.72. The van der Waals surface area contributed by atoms with E-state index in [1.807, 2.05) is 42.3 Å². The lowest BCUT2D eigenvalue weighted by atomic mass is 10.1. The van der Waals surface area contributed by atoms with E-state index < -0.39 is 0 Å². The predicted molar refractivity (Wildman–Crippen MR) is 101 cm³/mol. The Morgan fingerprint density at radius 3 is 1.96 bits per heavy atom. The van der Waals surface area contributed by atoms with E-state index in [0.29, 0.717) is 17.1 Å². The van der Waals surface area contributed by atoms with Gasteiger partial charge in [0, 0.05) is 37.5 Å². The Kier molecular flexibility index (Phi) is 7.14. The standard InChI is InChI=1S/C13H17NO3.C7H9N/c1-16-11-7-10(8-12(9-11)17-2)13(15)14-5-3-4-6-14;1-8-7-5-3-2-4-6-7/h7-9H,3-6H2,1-2H3;2-6,8H,1H3. The highest BCUT2D eigenvalue weighted by Gasteiger charge is 2.20. The van der Waals surface area contributed by atoms with Gasteiger partial charge in [0.2, 0.25) is 0 Å². The minimum Gasteiger partial charge on any atom is -0.497 e. The van der Waals surface area contributed by atoms with Crippen LogP contribution in [-0.4, -0.2) is 45.2 Å². The summed E-state index contributed by atoms with van der Waals surface area (Å²) in [4.78, 5) is 14.1. The SMILES string of the molecule is CNc1ccccc1.COc1cc(OC)cc(C(=O)N2CCCC2)c1. The van der Waals surface area contributed by atoms with Gasteiger partial charge in [0.1, 0.15) is 11.5 Å². The molecule has 0 atom stereocenters. The number of carbonyl (C=O) groups excluding carboxylic acids is 1. The van der Waals surface area contributed by atoms with Gasteiger partial charge in [0.15, 0.2) is 0 Å². The number of rotatable bonds is 4. The number of anilines is 1. The smallest absolute Gasteiger partial charge is 0.254 e. The summed E-state index contributed by atoms with van der Waals surface area (Å²) in [6, 6.07) is 15.3. The van der Waals surface area contributed by atoms with Crippen LogP contribution in [0.1, 0.15) is 23.2 Å². The number of nitrogens with one attached hydrogen (secondary N) is 1. The molecule has 1 N–H and O–H groups in total. The van der Waals surface area contributed by atoms with Crippen LogP contribution in [0.4, 0.5) is 5.69 Å². The van der Waals surface area contributed by atoms with Crippen molar-refractivity contribution in [3.63, 3.8) is 0 Å². The Hall–Kier alpha value is -2.69. The molecular weight excluding hydrogens is 316 g/mol. The van der Waals surface area contributed by atoms with E-state index in [0.717, 1.165) is 31.6 Å². The maximum atomic E-state index is 12.2. The molecular formula is C20H26N2O3. The Morgan fingerprint density at radius 1 is 0.960 bits per heavy atom. The van der Waals surface area contributed by atoms with Gasteiger partial charge >= 0.3 is 0 Å². The molecule has 5 nitrogen and oxygen atoms in total. The van der Waals surface area contributed by atoms with Gasteiger partial charge in [-0.2, -0.15) is 0 Å². The monoisotopic (exact) mass is 342 g/mol. The molecule has 0 aromatic heterocycles. The molecule has 0 unspecified atom stereocenters. The Morgan fingerprint density at radius 2 is 1.52 bits per heavy atom. The fourth-order valence-electron chi connectivity index (χ4n) is 2.64. The van der Waals surface area contributed by atoms with Crippen molar-refractivity contribution in [1.29, 1.82) is 0 Å². The van der Waals surface area contributed by atoms with Crippen LogP contribution in [0.2, 0.25) is 0 Å². The molecule has 5 heteroatoms. The molecule has 25 heavy (non-hydrogen) atoms. The summed E-state index contributed by atoms with van der Waals surface area (Å²) < 4.78 is 10.3. The summed E-state index contributed by atoms with van der Waals surface area (Å²) in [5, 5.41) is 3.03. The molecule has 1 fully saturated rings. The van der Waals surface area contributed by atoms with Crippen molar-refractivity contribution in [2.45, 2.75) is 12.8 Å². The van der Waals surface area contributed by atoms with Crippen LogP contribution in [0.5, 0.6) is 11.5 Å².